The molecule has 0 radical (unpaired) electrons. The Labute approximate surface area is 214 Å². The van der Waals surface area contributed by atoms with Crippen molar-refractivity contribution in [2.45, 2.75) is 40.3 Å². The molecule has 3 aromatic heterocycles. The average Bonchev–Trinajstić information content (AvgIpc) is 3.23. The second-order valence-corrected chi connectivity index (χ2v) is 9.58. The number of piperazine rings is 1. The fourth-order valence-electron chi connectivity index (χ4n) is 4.84. The van der Waals surface area contributed by atoms with Crippen LogP contribution in [0.5, 0.6) is 0 Å². The first-order valence-electron chi connectivity index (χ1n) is 12.6. The van der Waals surface area contributed by atoms with Crippen LogP contribution in [-0.4, -0.2) is 72.0 Å². The topological polar surface area (TPSA) is 87.9 Å². The minimum Gasteiger partial charge on any atom is -0.326 e. The maximum Gasteiger partial charge on any atom is 0.228 e. The zero-order valence-corrected chi connectivity index (χ0v) is 21.5. The number of likely N-dealkylation sites (N-methyl/N-ethyl adjacent to an activating group) is 1. The zero-order valence-electron chi connectivity index (χ0n) is 21.5. The lowest BCUT2D eigenvalue weighted by Crippen LogP contribution is -2.45. The van der Waals surface area contributed by atoms with Crippen molar-refractivity contribution in [3.63, 3.8) is 0 Å². The summed E-state index contributed by atoms with van der Waals surface area (Å²) in [5, 5.41) is 2.83. The molecule has 1 aliphatic heterocycles. The number of hydrogen-bond acceptors (Lipinski definition) is 8. The summed E-state index contributed by atoms with van der Waals surface area (Å²) >= 11 is 0. The zero-order chi connectivity index (χ0) is 26.1. The normalized spacial score (nSPS) is 15.1. The van der Waals surface area contributed by atoms with Gasteiger partial charge in [-0.25, -0.2) is 33.7 Å². The maximum absolute atomic E-state index is 15.5. The molecule has 1 saturated heterocycles. The molecule has 1 fully saturated rings. The molecule has 5 rings (SSSR count). The molecular weight excluding hydrogens is 476 g/mol. The van der Waals surface area contributed by atoms with E-state index in [0.29, 0.717) is 16.9 Å². The number of rotatable bonds is 7. The highest BCUT2D eigenvalue weighted by Gasteiger charge is 2.20. The van der Waals surface area contributed by atoms with Crippen LogP contribution in [0.4, 0.5) is 20.5 Å². The summed E-state index contributed by atoms with van der Waals surface area (Å²) in [6.07, 6.45) is 4.71. The highest BCUT2D eigenvalue weighted by Crippen LogP contribution is 2.31. The van der Waals surface area contributed by atoms with Crippen molar-refractivity contribution in [1.29, 1.82) is 0 Å². The molecule has 4 heterocycles. The molecular formula is C26H31F2N9. The molecule has 9 nitrogen and oxygen atoms in total. The summed E-state index contributed by atoms with van der Waals surface area (Å²) in [5.41, 5.74) is 2.11. The summed E-state index contributed by atoms with van der Waals surface area (Å²) < 4.78 is 32.3. The van der Waals surface area contributed by atoms with Gasteiger partial charge in [0.15, 0.2) is 17.5 Å². The van der Waals surface area contributed by atoms with Gasteiger partial charge in [-0.3, -0.25) is 4.90 Å². The minimum atomic E-state index is -0.713. The molecule has 11 heteroatoms. The molecule has 37 heavy (non-hydrogen) atoms. The Balaban J connectivity index is 1.36. The van der Waals surface area contributed by atoms with E-state index >= 15 is 4.39 Å². The molecule has 0 saturated carbocycles. The minimum absolute atomic E-state index is 0.0182. The molecule has 1 N–H and O–H groups in total. The van der Waals surface area contributed by atoms with Crippen LogP contribution in [0.3, 0.4) is 0 Å². The number of fused-ring (bicyclic) bond motifs is 1. The molecule has 194 valence electrons. The molecule has 1 aromatic carbocycles. The van der Waals surface area contributed by atoms with Gasteiger partial charge in [0, 0.05) is 62.3 Å². The van der Waals surface area contributed by atoms with Crippen molar-refractivity contribution in [2.24, 2.45) is 0 Å². The average molecular weight is 508 g/mol. The van der Waals surface area contributed by atoms with Crippen LogP contribution < -0.4 is 5.32 Å². The first kappa shape index (κ1) is 25.1. The Morgan fingerprint density at radius 3 is 2.35 bits per heavy atom. The van der Waals surface area contributed by atoms with Crippen LogP contribution in [0.2, 0.25) is 0 Å². The lowest BCUT2D eigenvalue weighted by atomic mass is 10.1. The van der Waals surface area contributed by atoms with Gasteiger partial charge >= 0.3 is 0 Å². The summed E-state index contributed by atoms with van der Waals surface area (Å²) in [6, 6.07) is 3.02. The SMILES string of the molecule is CCN1CCN(Cc2cnc(Nc3ncnc(-c4cc(F)c5nc(C)n(C(C)C)c5c4)c3F)nc2)CC1. The number of aromatic nitrogens is 6. The summed E-state index contributed by atoms with van der Waals surface area (Å²) in [7, 11) is 0. The Morgan fingerprint density at radius 2 is 1.68 bits per heavy atom. The maximum atomic E-state index is 15.5. The third-order valence-corrected chi connectivity index (χ3v) is 6.76. The van der Waals surface area contributed by atoms with Gasteiger partial charge in [0.25, 0.3) is 0 Å². The molecule has 0 unspecified atom stereocenters. The number of nitrogens with one attached hydrogen (secondary N) is 1. The highest BCUT2D eigenvalue weighted by atomic mass is 19.1. The second-order valence-electron chi connectivity index (χ2n) is 9.58. The third kappa shape index (κ3) is 5.14. The summed E-state index contributed by atoms with van der Waals surface area (Å²) in [4.78, 5) is 26.0. The fraction of sp³-hybridized carbons (Fsp3) is 0.423. The molecule has 4 aromatic rings. The number of hydrogen-bond donors (Lipinski definition) is 1. The van der Waals surface area contributed by atoms with Crippen molar-refractivity contribution in [1.82, 2.24) is 39.3 Å². The Bertz CT molecular complexity index is 1390. The Morgan fingerprint density at radius 1 is 0.973 bits per heavy atom. The van der Waals surface area contributed by atoms with E-state index < -0.39 is 11.6 Å². The summed E-state index contributed by atoms with van der Waals surface area (Å²) in [6.45, 7) is 14.0. The van der Waals surface area contributed by atoms with Gasteiger partial charge in [0.05, 0.1) is 5.52 Å². The van der Waals surface area contributed by atoms with Gasteiger partial charge in [0.2, 0.25) is 5.95 Å². The number of anilines is 2. The largest absolute Gasteiger partial charge is 0.326 e. The van der Waals surface area contributed by atoms with E-state index in [1.165, 1.54) is 12.4 Å². The van der Waals surface area contributed by atoms with E-state index in [4.69, 9.17) is 0 Å². The quantitative estimate of drug-likeness (QED) is 0.396. The van der Waals surface area contributed by atoms with E-state index in [2.05, 4.69) is 47.0 Å². The third-order valence-electron chi connectivity index (χ3n) is 6.76. The van der Waals surface area contributed by atoms with Crippen LogP contribution in [0.1, 0.15) is 38.2 Å². The van der Waals surface area contributed by atoms with Gasteiger partial charge in [-0.1, -0.05) is 6.92 Å². The van der Waals surface area contributed by atoms with E-state index in [1.54, 1.807) is 18.5 Å². The second kappa shape index (κ2) is 10.4. The van der Waals surface area contributed by atoms with E-state index in [1.807, 2.05) is 25.3 Å². The number of imidazole rings is 1. The van der Waals surface area contributed by atoms with Gasteiger partial charge in [0.1, 0.15) is 23.4 Å². The van der Waals surface area contributed by atoms with Gasteiger partial charge in [-0.05, 0) is 39.4 Å². The van der Waals surface area contributed by atoms with Crippen LogP contribution in [0.15, 0.2) is 30.9 Å². The van der Waals surface area contributed by atoms with Gasteiger partial charge in [-0.15, -0.1) is 0 Å². The Hall–Kier alpha value is -3.57. The van der Waals surface area contributed by atoms with Crippen molar-refractivity contribution in [3.05, 3.63) is 53.9 Å². The van der Waals surface area contributed by atoms with Crippen molar-refractivity contribution >= 4 is 22.8 Å². The molecule has 0 bridgehead atoms. The predicted molar refractivity (Wildman–Crippen MR) is 139 cm³/mol. The first-order chi connectivity index (χ1) is 17.8. The highest BCUT2D eigenvalue weighted by molar-refractivity contribution is 5.83. The monoisotopic (exact) mass is 507 g/mol. The van der Waals surface area contributed by atoms with Crippen LogP contribution in [-0.2, 0) is 6.54 Å². The molecule has 0 amide bonds. The lowest BCUT2D eigenvalue weighted by molar-refractivity contribution is 0.132. The van der Waals surface area contributed by atoms with E-state index in [-0.39, 0.29) is 29.0 Å². The molecule has 0 atom stereocenters. The number of benzene rings is 1. The van der Waals surface area contributed by atoms with E-state index in [9.17, 15) is 4.39 Å². The molecule has 1 aliphatic rings. The van der Waals surface area contributed by atoms with Crippen LogP contribution in [0, 0.1) is 18.6 Å². The Kier molecular flexibility index (Phi) is 7.07. The van der Waals surface area contributed by atoms with Gasteiger partial charge < -0.3 is 14.8 Å². The van der Waals surface area contributed by atoms with E-state index in [0.717, 1.165) is 44.8 Å². The van der Waals surface area contributed by atoms with Crippen LogP contribution in [0.25, 0.3) is 22.3 Å². The van der Waals surface area contributed by atoms with Gasteiger partial charge in [-0.2, -0.15) is 0 Å². The summed E-state index contributed by atoms with van der Waals surface area (Å²) in [5.74, 6) is -0.413. The standard InChI is InChI=1S/C26H31F2N9/c1-5-35-6-8-36(9-7-35)14-18-12-29-26(30-13-18)34-25-22(28)23(31-15-32-25)19-10-20(27)24-21(11-19)37(16(2)3)17(4)33-24/h10-13,15-16H,5-9,14H2,1-4H3,(H,29,30,31,32,34). The van der Waals surface area contributed by atoms with Crippen molar-refractivity contribution < 1.29 is 8.78 Å². The van der Waals surface area contributed by atoms with Crippen molar-refractivity contribution in [3.8, 4) is 11.3 Å². The number of halogens is 2. The lowest BCUT2D eigenvalue weighted by Gasteiger charge is -2.33. The van der Waals surface area contributed by atoms with Crippen molar-refractivity contribution in [2.75, 3.05) is 38.0 Å². The first-order valence-corrected chi connectivity index (χ1v) is 12.6. The van der Waals surface area contributed by atoms with Crippen LogP contribution >= 0.6 is 0 Å². The fourth-order valence-corrected chi connectivity index (χ4v) is 4.84. The molecule has 0 aliphatic carbocycles. The smallest absolute Gasteiger partial charge is 0.228 e. The number of nitrogens with zero attached hydrogens (tertiary/aromatic N) is 8. The predicted octanol–water partition coefficient (Wildman–Crippen LogP) is 4.33. The molecule has 0 spiro atoms. The number of aryl methyl sites for hydroxylation is 1.